The first kappa shape index (κ1) is 12.4. The standard InChI is InChI=1S/C14H16FNO3/c15-10-3-1-2-9(8-10)12(17)14-6-4-11(5-7-14)16(14)13(18)19/h1-3,8,11-12,17H,4-7H2,(H,18,19)/t11?,12-,14?/m1/s1. The number of hydrogen-bond donors (Lipinski definition) is 2. The highest BCUT2D eigenvalue weighted by Gasteiger charge is 2.58. The molecule has 0 radical (unpaired) electrons. The van der Waals surface area contributed by atoms with Gasteiger partial charge in [0.1, 0.15) is 11.9 Å². The first-order valence-corrected chi connectivity index (χ1v) is 6.50. The van der Waals surface area contributed by atoms with Crippen LogP contribution in [0, 0.1) is 5.82 Å². The van der Waals surface area contributed by atoms with Crippen LogP contribution in [0.15, 0.2) is 24.3 Å². The molecule has 2 aliphatic heterocycles. The third-order valence-corrected chi connectivity index (χ3v) is 4.55. The molecule has 2 aliphatic rings. The average Bonchev–Trinajstić information content (AvgIpc) is 2.94. The van der Waals surface area contributed by atoms with Crippen LogP contribution in [0.4, 0.5) is 9.18 Å². The minimum atomic E-state index is -0.990. The van der Waals surface area contributed by atoms with Gasteiger partial charge in [-0.25, -0.2) is 9.18 Å². The lowest BCUT2D eigenvalue weighted by atomic mass is 9.80. The molecule has 102 valence electrons. The number of nitrogens with zero attached hydrogens (tertiary/aromatic N) is 1. The SMILES string of the molecule is O=C(O)N1C2CCC1([C@H](O)c1cccc(F)c1)CC2. The average molecular weight is 265 g/mol. The van der Waals surface area contributed by atoms with Gasteiger partial charge in [0.05, 0.1) is 5.54 Å². The molecule has 0 aliphatic carbocycles. The number of hydrogen-bond acceptors (Lipinski definition) is 2. The smallest absolute Gasteiger partial charge is 0.408 e. The number of amides is 1. The van der Waals surface area contributed by atoms with Crippen molar-refractivity contribution >= 4 is 6.09 Å². The van der Waals surface area contributed by atoms with Crippen LogP contribution in [-0.2, 0) is 0 Å². The summed E-state index contributed by atoms with van der Waals surface area (Å²) < 4.78 is 13.3. The van der Waals surface area contributed by atoms with Crippen molar-refractivity contribution in [1.29, 1.82) is 0 Å². The topological polar surface area (TPSA) is 60.8 Å². The van der Waals surface area contributed by atoms with Gasteiger partial charge in [0.2, 0.25) is 0 Å². The van der Waals surface area contributed by atoms with Crippen LogP contribution in [-0.4, -0.2) is 32.8 Å². The maximum atomic E-state index is 13.3. The van der Waals surface area contributed by atoms with E-state index in [-0.39, 0.29) is 6.04 Å². The zero-order valence-corrected chi connectivity index (χ0v) is 10.4. The fourth-order valence-electron chi connectivity index (χ4n) is 3.70. The maximum Gasteiger partial charge on any atom is 0.408 e. The zero-order chi connectivity index (χ0) is 13.6. The largest absolute Gasteiger partial charge is 0.465 e. The van der Waals surface area contributed by atoms with Crippen molar-refractivity contribution in [3.8, 4) is 0 Å². The molecule has 0 unspecified atom stereocenters. The van der Waals surface area contributed by atoms with Crippen LogP contribution in [0.5, 0.6) is 0 Å². The molecule has 1 amide bonds. The molecule has 19 heavy (non-hydrogen) atoms. The summed E-state index contributed by atoms with van der Waals surface area (Å²) in [6.07, 6.45) is 0.878. The second kappa shape index (κ2) is 4.20. The number of rotatable bonds is 2. The van der Waals surface area contributed by atoms with Gasteiger partial charge in [-0.05, 0) is 43.4 Å². The highest BCUT2D eigenvalue weighted by Crippen LogP contribution is 2.52. The Kier molecular flexibility index (Phi) is 2.74. The van der Waals surface area contributed by atoms with E-state index in [0.29, 0.717) is 18.4 Å². The zero-order valence-electron chi connectivity index (χ0n) is 10.4. The van der Waals surface area contributed by atoms with Gasteiger partial charge in [-0.2, -0.15) is 0 Å². The van der Waals surface area contributed by atoms with Crippen molar-refractivity contribution in [2.24, 2.45) is 0 Å². The number of aliphatic hydroxyl groups is 1. The minimum Gasteiger partial charge on any atom is -0.465 e. The molecule has 3 rings (SSSR count). The summed E-state index contributed by atoms with van der Waals surface area (Å²) in [5.74, 6) is -0.414. The molecule has 4 nitrogen and oxygen atoms in total. The van der Waals surface area contributed by atoms with E-state index in [2.05, 4.69) is 0 Å². The highest BCUT2D eigenvalue weighted by atomic mass is 19.1. The minimum absolute atomic E-state index is 0.000657. The van der Waals surface area contributed by atoms with E-state index in [1.165, 1.54) is 23.1 Å². The van der Waals surface area contributed by atoms with Gasteiger partial charge in [0.15, 0.2) is 0 Å². The molecule has 1 aromatic rings. The Morgan fingerprint density at radius 3 is 2.68 bits per heavy atom. The Labute approximate surface area is 110 Å². The van der Waals surface area contributed by atoms with E-state index in [9.17, 15) is 19.4 Å². The van der Waals surface area contributed by atoms with Gasteiger partial charge in [-0.15, -0.1) is 0 Å². The van der Waals surface area contributed by atoms with Crippen LogP contribution < -0.4 is 0 Å². The number of carboxylic acid groups (broad SMARTS) is 1. The number of aliphatic hydroxyl groups excluding tert-OH is 1. The van der Waals surface area contributed by atoms with E-state index in [0.717, 1.165) is 12.8 Å². The Morgan fingerprint density at radius 1 is 1.42 bits per heavy atom. The third-order valence-electron chi connectivity index (χ3n) is 4.55. The lowest BCUT2D eigenvalue weighted by molar-refractivity contribution is 0.00756. The predicted octanol–water partition coefficient (Wildman–Crippen LogP) is 2.53. The maximum absolute atomic E-state index is 13.3. The third kappa shape index (κ3) is 1.72. The second-order valence-electron chi connectivity index (χ2n) is 5.44. The lowest BCUT2D eigenvalue weighted by Gasteiger charge is -2.37. The quantitative estimate of drug-likeness (QED) is 0.863. The Hall–Kier alpha value is -1.62. The molecule has 2 bridgehead atoms. The fourth-order valence-corrected chi connectivity index (χ4v) is 3.70. The molecule has 0 saturated carbocycles. The molecule has 2 N–H and O–H groups in total. The molecular formula is C14H16FNO3. The van der Waals surface area contributed by atoms with Gasteiger partial charge in [0.25, 0.3) is 0 Å². The first-order valence-electron chi connectivity index (χ1n) is 6.50. The van der Waals surface area contributed by atoms with E-state index < -0.39 is 23.6 Å². The summed E-state index contributed by atoms with van der Waals surface area (Å²) in [6, 6.07) is 5.78. The first-order chi connectivity index (χ1) is 9.04. The number of carbonyl (C=O) groups is 1. The van der Waals surface area contributed by atoms with Gasteiger partial charge in [-0.1, -0.05) is 12.1 Å². The van der Waals surface area contributed by atoms with Gasteiger partial charge in [0, 0.05) is 6.04 Å². The summed E-state index contributed by atoms with van der Waals surface area (Å²) in [4.78, 5) is 12.8. The van der Waals surface area contributed by atoms with Crippen molar-refractivity contribution in [2.75, 3.05) is 0 Å². The number of fused-ring (bicyclic) bond motifs is 2. The molecule has 1 aromatic carbocycles. The Morgan fingerprint density at radius 2 is 2.11 bits per heavy atom. The van der Waals surface area contributed by atoms with E-state index in [1.54, 1.807) is 6.07 Å². The van der Waals surface area contributed by atoms with E-state index >= 15 is 0 Å². The summed E-state index contributed by atoms with van der Waals surface area (Å²) in [5.41, 5.74) is -0.321. The Bertz CT molecular complexity index is 511. The van der Waals surface area contributed by atoms with Crippen LogP contribution in [0.1, 0.15) is 37.4 Å². The van der Waals surface area contributed by atoms with Crippen molar-refractivity contribution in [2.45, 2.75) is 43.4 Å². The van der Waals surface area contributed by atoms with Crippen LogP contribution in [0.25, 0.3) is 0 Å². The number of benzene rings is 1. The molecule has 0 spiro atoms. The Balaban J connectivity index is 1.98. The summed E-state index contributed by atoms with van der Waals surface area (Å²) in [7, 11) is 0. The predicted molar refractivity (Wildman–Crippen MR) is 66.2 cm³/mol. The van der Waals surface area contributed by atoms with Crippen molar-refractivity contribution in [3.63, 3.8) is 0 Å². The van der Waals surface area contributed by atoms with Gasteiger partial charge < -0.3 is 10.2 Å². The van der Waals surface area contributed by atoms with Gasteiger partial charge in [-0.3, -0.25) is 4.90 Å². The van der Waals surface area contributed by atoms with Crippen LogP contribution in [0.2, 0.25) is 0 Å². The molecule has 2 fully saturated rings. The fraction of sp³-hybridized carbons (Fsp3) is 0.500. The lowest BCUT2D eigenvalue weighted by Crippen LogP contribution is -2.48. The highest BCUT2D eigenvalue weighted by molar-refractivity contribution is 5.68. The van der Waals surface area contributed by atoms with Gasteiger partial charge >= 0.3 is 6.09 Å². The second-order valence-corrected chi connectivity index (χ2v) is 5.44. The van der Waals surface area contributed by atoms with E-state index in [4.69, 9.17) is 0 Å². The molecule has 1 atom stereocenters. The molecule has 2 heterocycles. The molecule has 2 saturated heterocycles. The molecule has 0 aromatic heterocycles. The van der Waals surface area contributed by atoms with Crippen molar-refractivity contribution in [1.82, 2.24) is 4.90 Å². The van der Waals surface area contributed by atoms with Crippen LogP contribution >= 0.6 is 0 Å². The van der Waals surface area contributed by atoms with Crippen molar-refractivity contribution < 1.29 is 19.4 Å². The van der Waals surface area contributed by atoms with Crippen LogP contribution in [0.3, 0.4) is 0 Å². The van der Waals surface area contributed by atoms with Crippen molar-refractivity contribution in [3.05, 3.63) is 35.6 Å². The summed E-state index contributed by atoms with van der Waals surface area (Å²) in [5, 5.41) is 19.9. The normalized spacial score (nSPS) is 30.6. The summed E-state index contributed by atoms with van der Waals surface area (Å²) in [6.45, 7) is 0. The number of halogens is 1. The molecule has 5 heteroatoms. The summed E-state index contributed by atoms with van der Waals surface area (Å²) >= 11 is 0. The van der Waals surface area contributed by atoms with E-state index in [1.807, 2.05) is 0 Å². The molecular weight excluding hydrogens is 249 g/mol. The monoisotopic (exact) mass is 265 g/mol.